The van der Waals surface area contributed by atoms with Crippen molar-refractivity contribution in [1.82, 2.24) is 20.0 Å². The largest absolute Gasteiger partial charge is 0.389 e. The second kappa shape index (κ2) is 15.1. The van der Waals surface area contributed by atoms with Crippen LogP contribution in [-0.4, -0.2) is 64.5 Å². The highest BCUT2D eigenvalue weighted by atomic mass is 32.1. The van der Waals surface area contributed by atoms with Crippen LogP contribution < -0.4 is 16.0 Å². The predicted octanol–water partition coefficient (Wildman–Crippen LogP) is 6.63. The molecule has 4 N–H and O–H groups in total. The number of thiophene rings is 1. The molecular formula is C34H46N10OS. The van der Waals surface area contributed by atoms with E-state index in [1.807, 2.05) is 0 Å². The lowest BCUT2D eigenvalue weighted by Gasteiger charge is -2.33. The first kappa shape index (κ1) is 33.4. The lowest BCUT2D eigenvalue weighted by atomic mass is 9.97. The minimum atomic E-state index is -0.162. The maximum Gasteiger partial charge on any atom is 0.186 e. The van der Waals surface area contributed by atoms with Crippen LogP contribution in [0.3, 0.4) is 0 Å². The lowest BCUT2D eigenvalue weighted by Crippen LogP contribution is -2.37. The van der Waals surface area contributed by atoms with Crippen molar-refractivity contribution < 1.29 is 4.52 Å². The zero-order valence-electron chi connectivity index (χ0n) is 27.6. The van der Waals surface area contributed by atoms with Gasteiger partial charge in [0.1, 0.15) is 34.5 Å². The van der Waals surface area contributed by atoms with E-state index >= 15 is 0 Å². The van der Waals surface area contributed by atoms with Crippen molar-refractivity contribution >= 4 is 33.7 Å². The van der Waals surface area contributed by atoms with Crippen LogP contribution in [0.25, 0.3) is 22.8 Å². The maximum atomic E-state index is 10.1. The molecule has 3 aromatic heterocycles. The average molecular weight is 643 g/mol. The van der Waals surface area contributed by atoms with Crippen LogP contribution in [0.5, 0.6) is 0 Å². The molecule has 46 heavy (non-hydrogen) atoms. The van der Waals surface area contributed by atoms with Gasteiger partial charge in [0.25, 0.3) is 0 Å². The normalized spacial score (nSPS) is 18.4. The average Bonchev–Trinajstić information content (AvgIpc) is 3.78. The highest BCUT2D eigenvalue weighted by Crippen LogP contribution is 2.43. The third kappa shape index (κ3) is 6.74. The number of aromatic nitrogens is 3. The number of nitrogens with two attached hydrogens (primary N) is 1. The summed E-state index contributed by atoms with van der Waals surface area (Å²) in [4.78, 5) is 15.8. The summed E-state index contributed by atoms with van der Waals surface area (Å²) in [5, 5.41) is 37.4. The molecular weight excluding hydrogens is 597 g/mol. The van der Waals surface area contributed by atoms with Gasteiger partial charge < -0.3 is 20.5 Å². The summed E-state index contributed by atoms with van der Waals surface area (Å²) in [5.41, 5.74) is 9.14. The number of likely N-dealkylation sites (tertiary alicyclic amines) is 1. The van der Waals surface area contributed by atoms with Crippen molar-refractivity contribution in [2.75, 3.05) is 48.7 Å². The lowest BCUT2D eigenvalue weighted by molar-refractivity contribution is 0.277. The number of hydrogen-bond acceptors (Lipinski definition) is 12. The molecule has 12 heteroatoms. The molecule has 0 saturated carbocycles. The van der Waals surface area contributed by atoms with Gasteiger partial charge in [0.15, 0.2) is 17.3 Å². The quantitative estimate of drug-likeness (QED) is 0.172. The Morgan fingerprint density at radius 3 is 2.63 bits per heavy atom. The van der Waals surface area contributed by atoms with Gasteiger partial charge >= 0.3 is 0 Å². The molecule has 0 aliphatic carbocycles. The molecule has 2 aliphatic heterocycles. The number of likely N-dealkylation sites (N-methyl/N-ethyl adjacent to an activating group) is 1. The van der Waals surface area contributed by atoms with Crippen LogP contribution in [0, 0.1) is 34.0 Å². The van der Waals surface area contributed by atoms with Gasteiger partial charge in [0.2, 0.25) is 0 Å². The zero-order chi connectivity index (χ0) is 32.8. The standard InChI is InChI=1S/C34H46N10OS/c1-5-8-14-23-29(42-45-30(23)27-24(17-35)31(38)46-26(27)11-6-2)33-40-32(39-19-22-13-10-15-43(22)7-3)28(25(37)18-36)34(41-33)44-16-9-12-21(4)20-44/h21-22,37H,5-16,19-20,38H2,1-4H3,(H,39,40,41). The van der Waals surface area contributed by atoms with Gasteiger partial charge in [0.05, 0.1) is 16.7 Å². The van der Waals surface area contributed by atoms with Crippen molar-refractivity contribution in [3.63, 3.8) is 0 Å². The monoisotopic (exact) mass is 642 g/mol. The number of anilines is 3. The van der Waals surface area contributed by atoms with Crippen LogP contribution in [0.15, 0.2) is 4.52 Å². The summed E-state index contributed by atoms with van der Waals surface area (Å²) in [6.45, 7) is 12.9. The van der Waals surface area contributed by atoms with Gasteiger partial charge in [-0.3, -0.25) is 10.3 Å². The fourth-order valence-electron chi connectivity index (χ4n) is 6.86. The Morgan fingerprint density at radius 1 is 1.13 bits per heavy atom. The molecule has 5 heterocycles. The summed E-state index contributed by atoms with van der Waals surface area (Å²) in [5.74, 6) is 2.46. The zero-order valence-corrected chi connectivity index (χ0v) is 28.4. The van der Waals surface area contributed by atoms with Crippen LogP contribution in [0.2, 0.25) is 0 Å². The van der Waals surface area contributed by atoms with E-state index in [9.17, 15) is 10.5 Å². The number of unbranched alkanes of at least 4 members (excludes halogenated alkanes) is 1. The number of nitriles is 2. The van der Waals surface area contributed by atoms with E-state index in [0.29, 0.717) is 70.0 Å². The van der Waals surface area contributed by atoms with Gasteiger partial charge in [-0.2, -0.15) is 10.5 Å². The Kier molecular flexibility index (Phi) is 10.9. The number of aryl methyl sites for hydroxylation is 1. The number of hydrogen-bond donors (Lipinski definition) is 3. The molecule has 2 atom stereocenters. The molecule has 2 aliphatic rings. The summed E-state index contributed by atoms with van der Waals surface area (Å²) in [6.07, 6.45) is 8.55. The van der Waals surface area contributed by atoms with Gasteiger partial charge in [-0.15, -0.1) is 11.3 Å². The first-order valence-electron chi connectivity index (χ1n) is 16.8. The molecule has 3 aromatic rings. The van der Waals surface area contributed by atoms with Gasteiger partial charge in [-0.05, 0) is 64.0 Å². The predicted molar refractivity (Wildman–Crippen MR) is 184 cm³/mol. The Bertz CT molecular complexity index is 1630. The first-order chi connectivity index (χ1) is 22.3. The number of rotatable bonds is 13. The van der Waals surface area contributed by atoms with Crippen molar-refractivity contribution in [3.8, 4) is 35.0 Å². The maximum absolute atomic E-state index is 10.1. The molecule has 244 valence electrons. The molecule has 2 unspecified atom stereocenters. The molecule has 0 radical (unpaired) electrons. The number of piperidine rings is 1. The van der Waals surface area contributed by atoms with Crippen molar-refractivity contribution in [1.29, 1.82) is 15.9 Å². The van der Waals surface area contributed by atoms with Gasteiger partial charge in [-0.1, -0.05) is 45.7 Å². The molecule has 0 amide bonds. The highest BCUT2D eigenvalue weighted by molar-refractivity contribution is 7.16. The van der Waals surface area contributed by atoms with E-state index in [1.165, 1.54) is 11.3 Å². The van der Waals surface area contributed by atoms with E-state index < -0.39 is 0 Å². The number of nitrogen functional groups attached to an aromatic ring is 1. The summed E-state index contributed by atoms with van der Waals surface area (Å²) < 4.78 is 6.12. The molecule has 2 fully saturated rings. The van der Waals surface area contributed by atoms with E-state index in [-0.39, 0.29) is 5.71 Å². The van der Waals surface area contributed by atoms with Crippen LogP contribution in [0.4, 0.5) is 16.6 Å². The summed E-state index contributed by atoms with van der Waals surface area (Å²) in [7, 11) is 0. The second-order valence-electron chi connectivity index (χ2n) is 12.5. The summed E-state index contributed by atoms with van der Waals surface area (Å²) in [6, 6.07) is 4.72. The molecule has 0 aromatic carbocycles. The number of nitrogens with zero attached hydrogens (tertiary/aromatic N) is 7. The Morgan fingerprint density at radius 2 is 1.93 bits per heavy atom. The Labute approximate surface area is 276 Å². The van der Waals surface area contributed by atoms with Crippen molar-refractivity contribution in [3.05, 3.63) is 21.6 Å². The van der Waals surface area contributed by atoms with Crippen LogP contribution >= 0.6 is 11.3 Å². The fraction of sp³-hybridized carbons (Fsp3) is 0.588. The molecule has 2 saturated heterocycles. The minimum Gasteiger partial charge on any atom is -0.389 e. The first-order valence-corrected chi connectivity index (χ1v) is 17.6. The van der Waals surface area contributed by atoms with E-state index in [2.05, 4.69) is 60.1 Å². The Balaban J connectivity index is 1.70. The van der Waals surface area contributed by atoms with E-state index in [4.69, 9.17) is 25.6 Å². The van der Waals surface area contributed by atoms with Crippen LogP contribution in [-0.2, 0) is 12.8 Å². The highest BCUT2D eigenvalue weighted by Gasteiger charge is 2.32. The minimum absolute atomic E-state index is 0.162. The Hall–Kier alpha value is -4.00. The molecule has 11 nitrogen and oxygen atoms in total. The molecule has 5 rings (SSSR count). The summed E-state index contributed by atoms with van der Waals surface area (Å²) >= 11 is 1.44. The molecule has 0 bridgehead atoms. The van der Waals surface area contributed by atoms with Gasteiger partial charge in [0, 0.05) is 36.1 Å². The second-order valence-corrected chi connectivity index (χ2v) is 13.7. The SMILES string of the molecule is CCCCc1c(-c2nc(NCC3CCCN3CC)c(C(=N)C#N)c(N3CCCC(C)C3)n2)noc1-c1c(CCC)sc(N)c1C#N. The molecule has 0 spiro atoms. The third-order valence-electron chi connectivity index (χ3n) is 9.22. The van der Waals surface area contributed by atoms with E-state index in [0.717, 1.165) is 93.5 Å². The topological polar surface area (TPSA) is 168 Å². The number of nitrogens with one attached hydrogen (secondary N) is 2. The third-order valence-corrected chi connectivity index (χ3v) is 10.3. The van der Waals surface area contributed by atoms with Crippen molar-refractivity contribution in [2.24, 2.45) is 5.92 Å². The fourth-order valence-corrected chi connectivity index (χ4v) is 7.97. The van der Waals surface area contributed by atoms with Crippen LogP contribution in [0.1, 0.15) is 94.2 Å². The van der Waals surface area contributed by atoms with Gasteiger partial charge in [-0.25, -0.2) is 9.97 Å². The van der Waals surface area contributed by atoms with E-state index in [1.54, 1.807) is 0 Å². The smallest absolute Gasteiger partial charge is 0.186 e. The van der Waals surface area contributed by atoms with Crippen molar-refractivity contribution in [2.45, 2.75) is 91.5 Å².